The van der Waals surface area contributed by atoms with Crippen molar-refractivity contribution in [3.8, 4) is 11.5 Å². The van der Waals surface area contributed by atoms with Crippen molar-refractivity contribution in [3.05, 3.63) is 82.9 Å². The van der Waals surface area contributed by atoms with Crippen molar-refractivity contribution in [1.29, 1.82) is 0 Å². The average molecular weight is 473 g/mol. The minimum Gasteiger partial charge on any atom is -0.497 e. The lowest BCUT2D eigenvalue weighted by molar-refractivity contribution is -0.132. The molecule has 180 valence electrons. The number of fused-ring (bicyclic) bond motifs is 1. The number of carbonyl (C=O) groups is 3. The molecule has 7 heteroatoms. The maximum atomic E-state index is 13.3. The normalized spacial score (nSPS) is 14.1. The van der Waals surface area contributed by atoms with Crippen LogP contribution in [0.5, 0.6) is 11.5 Å². The lowest BCUT2D eigenvalue weighted by Crippen LogP contribution is -2.53. The molecule has 0 unspecified atom stereocenters. The first-order valence-corrected chi connectivity index (χ1v) is 11.3. The van der Waals surface area contributed by atoms with Gasteiger partial charge < -0.3 is 14.8 Å². The van der Waals surface area contributed by atoms with E-state index in [9.17, 15) is 14.4 Å². The summed E-state index contributed by atoms with van der Waals surface area (Å²) >= 11 is 0. The molecular weight excluding hydrogens is 444 g/mol. The molecule has 0 bridgehead atoms. The number of nitrogens with one attached hydrogen (secondary N) is 1. The molecule has 3 aromatic rings. The summed E-state index contributed by atoms with van der Waals surface area (Å²) in [5.41, 5.74) is 2.67. The largest absolute Gasteiger partial charge is 0.497 e. The second kappa shape index (κ2) is 9.25. The minimum absolute atomic E-state index is 0.188. The van der Waals surface area contributed by atoms with Crippen molar-refractivity contribution < 1.29 is 23.9 Å². The molecule has 0 saturated heterocycles. The number of hydrogen-bond donors (Lipinski definition) is 1. The summed E-state index contributed by atoms with van der Waals surface area (Å²) < 4.78 is 11.1. The first-order chi connectivity index (χ1) is 16.6. The summed E-state index contributed by atoms with van der Waals surface area (Å²) in [4.78, 5) is 40.8. The Hall–Kier alpha value is -4.13. The van der Waals surface area contributed by atoms with Crippen LogP contribution in [0.25, 0.3) is 0 Å². The second-order valence-corrected chi connectivity index (χ2v) is 9.06. The van der Waals surface area contributed by atoms with Crippen LogP contribution in [0.15, 0.2) is 60.7 Å². The number of rotatable bonds is 6. The Morgan fingerprint density at radius 2 is 1.60 bits per heavy atom. The van der Waals surface area contributed by atoms with Crippen molar-refractivity contribution in [2.24, 2.45) is 0 Å². The van der Waals surface area contributed by atoms with Crippen LogP contribution in [0.2, 0.25) is 0 Å². The molecule has 2 amide bonds. The number of anilines is 2. The maximum absolute atomic E-state index is 13.3. The van der Waals surface area contributed by atoms with Gasteiger partial charge in [-0.1, -0.05) is 18.2 Å². The predicted octanol–water partition coefficient (Wildman–Crippen LogP) is 4.95. The smallest absolute Gasteiger partial charge is 0.271 e. The number of amides is 2. The van der Waals surface area contributed by atoms with Gasteiger partial charge in [-0.05, 0) is 81.3 Å². The summed E-state index contributed by atoms with van der Waals surface area (Å²) in [6, 6.07) is 17.4. The Morgan fingerprint density at radius 3 is 2.23 bits per heavy atom. The Kier molecular flexibility index (Phi) is 6.35. The van der Waals surface area contributed by atoms with E-state index < -0.39 is 5.60 Å². The van der Waals surface area contributed by atoms with E-state index in [1.54, 1.807) is 63.4 Å². The van der Waals surface area contributed by atoms with Crippen LogP contribution in [-0.2, 0) is 4.79 Å². The lowest BCUT2D eigenvalue weighted by atomic mass is 10.0. The SMILES string of the molecule is COc1ccc(C(=O)CN2C(=O)C(C)(C)Oc3ccc(C(=O)Nc4c(C)cccc4C)cc32)cc1. The van der Waals surface area contributed by atoms with Gasteiger partial charge >= 0.3 is 0 Å². The van der Waals surface area contributed by atoms with Crippen LogP contribution in [0.1, 0.15) is 45.7 Å². The molecule has 0 fully saturated rings. The number of hydrogen-bond acceptors (Lipinski definition) is 5. The Labute approximate surface area is 204 Å². The number of aryl methyl sites for hydroxylation is 2. The molecule has 0 aromatic heterocycles. The van der Waals surface area contributed by atoms with E-state index in [1.165, 1.54) is 4.90 Å². The van der Waals surface area contributed by atoms with E-state index in [0.29, 0.717) is 28.3 Å². The fourth-order valence-corrected chi connectivity index (χ4v) is 4.07. The number of nitrogens with zero attached hydrogens (tertiary/aromatic N) is 1. The van der Waals surface area contributed by atoms with Crippen LogP contribution >= 0.6 is 0 Å². The van der Waals surface area contributed by atoms with Gasteiger partial charge in [-0.2, -0.15) is 0 Å². The highest BCUT2D eigenvalue weighted by Crippen LogP contribution is 2.39. The van der Waals surface area contributed by atoms with Gasteiger partial charge in [0.15, 0.2) is 11.4 Å². The van der Waals surface area contributed by atoms with E-state index in [1.807, 2.05) is 32.0 Å². The fraction of sp³-hybridized carbons (Fsp3) is 0.250. The zero-order chi connectivity index (χ0) is 25.3. The molecule has 1 heterocycles. The zero-order valence-electron chi connectivity index (χ0n) is 20.5. The number of methoxy groups -OCH3 is 1. The molecule has 0 atom stereocenters. The van der Waals surface area contributed by atoms with E-state index in [-0.39, 0.29) is 24.1 Å². The summed E-state index contributed by atoms with van der Waals surface area (Å²) in [5.74, 6) is 0.147. The van der Waals surface area contributed by atoms with Gasteiger partial charge in [0, 0.05) is 16.8 Å². The molecule has 0 aliphatic carbocycles. The first-order valence-electron chi connectivity index (χ1n) is 11.3. The maximum Gasteiger partial charge on any atom is 0.271 e. The van der Waals surface area contributed by atoms with Gasteiger partial charge in [-0.15, -0.1) is 0 Å². The van der Waals surface area contributed by atoms with E-state index in [4.69, 9.17) is 9.47 Å². The van der Waals surface area contributed by atoms with Crippen molar-refractivity contribution in [2.75, 3.05) is 23.9 Å². The predicted molar refractivity (Wildman–Crippen MR) is 135 cm³/mol. The molecule has 0 spiro atoms. The topological polar surface area (TPSA) is 84.9 Å². The molecule has 4 rings (SSSR count). The highest BCUT2D eigenvalue weighted by atomic mass is 16.5. The molecule has 0 radical (unpaired) electrons. The van der Waals surface area contributed by atoms with Gasteiger partial charge in [-0.25, -0.2) is 0 Å². The second-order valence-electron chi connectivity index (χ2n) is 9.06. The zero-order valence-corrected chi connectivity index (χ0v) is 20.5. The van der Waals surface area contributed by atoms with Crippen molar-refractivity contribution in [1.82, 2.24) is 0 Å². The van der Waals surface area contributed by atoms with E-state index >= 15 is 0 Å². The summed E-state index contributed by atoms with van der Waals surface area (Å²) in [6.07, 6.45) is 0. The number of benzene rings is 3. The highest BCUT2D eigenvalue weighted by molar-refractivity contribution is 6.11. The van der Waals surface area contributed by atoms with Crippen LogP contribution in [0.3, 0.4) is 0 Å². The molecule has 3 aromatic carbocycles. The third-order valence-corrected chi connectivity index (χ3v) is 6.07. The summed E-state index contributed by atoms with van der Waals surface area (Å²) in [7, 11) is 1.55. The summed E-state index contributed by atoms with van der Waals surface area (Å²) in [5, 5.41) is 2.96. The van der Waals surface area contributed by atoms with Gasteiger partial charge in [0.05, 0.1) is 19.3 Å². The Morgan fingerprint density at radius 1 is 0.971 bits per heavy atom. The van der Waals surface area contributed by atoms with Gasteiger partial charge in [0.2, 0.25) is 0 Å². The van der Waals surface area contributed by atoms with Crippen molar-refractivity contribution in [3.63, 3.8) is 0 Å². The minimum atomic E-state index is -1.16. The number of Topliss-reactive ketones (excluding diaryl/α,β-unsaturated/α-hetero) is 1. The van der Waals surface area contributed by atoms with Crippen LogP contribution in [0.4, 0.5) is 11.4 Å². The average Bonchev–Trinajstić information content (AvgIpc) is 2.83. The lowest BCUT2D eigenvalue weighted by Gasteiger charge is -2.38. The number of para-hydroxylation sites is 1. The van der Waals surface area contributed by atoms with Crippen LogP contribution in [-0.4, -0.2) is 36.9 Å². The van der Waals surface area contributed by atoms with Crippen molar-refractivity contribution >= 4 is 29.0 Å². The number of carbonyl (C=O) groups excluding carboxylic acids is 3. The van der Waals surface area contributed by atoms with Crippen LogP contribution in [0, 0.1) is 13.8 Å². The fourth-order valence-electron chi connectivity index (χ4n) is 4.07. The van der Waals surface area contributed by atoms with Gasteiger partial charge in [0.1, 0.15) is 11.5 Å². The van der Waals surface area contributed by atoms with E-state index in [0.717, 1.165) is 16.8 Å². The molecule has 1 aliphatic rings. The highest BCUT2D eigenvalue weighted by Gasteiger charge is 2.42. The molecule has 35 heavy (non-hydrogen) atoms. The van der Waals surface area contributed by atoms with Crippen LogP contribution < -0.4 is 19.7 Å². The van der Waals surface area contributed by atoms with Gasteiger partial charge in [0.25, 0.3) is 11.8 Å². The summed E-state index contributed by atoms with van der Waals surface area (Å²) in [6.45, 7) is 6.98. The third-order valence-electron chi connectivity index (χ3n) is 6.07. The van der Waals surface area contributed by atoms with Crippen molar-refractivity contribution in [2.45, 2.75) is 33.3 Å². The molecule has 7 nitrogen and oxygen atoms in total. The number of ketones is 1. The quantitative estimate of drug-likeness (QED) is 0.513. The first kappa shape index (κ1) is 24.0. The molecule has 1 N–H and O–H groups in total. The molecule has 1 aliphatic heterocycles. The monoisotopic (exact) mass is 472 g/mol. The Bertz CT molecular complexity index is 1290. The standard InChI is InChI=1S/C28H28N2O5/c1-17-7-6-8-18(2)25(17)29-26(32)20-11-14-24-22(15-20)30(27(33)28(3,4)35-24)16-23(31)19-9-12-21(34-5)13-10-19/h6-15H,16H2,1-5H3,(H,29,32). The number of ether oxygens (including phenoxy) is 2. The molecular formula is C28H28N2O5. The van der Waals surface area contributed by atoms with Gasteiger partial charge in [-0.3, -0.25) is 19.3 Å². The molecule has 0 saturated carbocycles. The third kappa shape index (κ3) is 4.75. The Balaban J connectivity index is 1.66. The van der Waals surface area contributed by atoms with E-state index in [2.05, 4.69) is 5.32 Å².